The second-order valence-electron chi connectivity index (χ2n) is 4.00. The first kappa shape index (κ1) is 11.9. The monoisotopic (exact) mass is 234 g/mol. The summed E-state index contributed by atoms with van der Waals surface area (Å²) in [6.45, 7) is 4.10. The van der Waals surface area contributed by atoms with Crippen LogP contribution < -0.4 is 5.32 Å². The van der Waals surface area contributed by atoms with Crippen molar-refractivity contribution in [3.8, 4) is 11.5 Å². The minimum atomic E-state index is 0.740. The molecule has 0 amide bonds. The summed E-state index contributed by atoms with van der Waals surface area (Å²) in [5.41, 5.74) is 0.831. The van der Waals surface area contributed by atoms with Gasteiger partial charge in [0.05, 0.1) is 12.5 Å². The topological polar surface area (TPSA) is 55.9 Å². The van der Waals surface area contributed by atoms with Gasteiger partial charge in [-0.2, -0.15) is 0 Å². The Balaban J connectivity index is 1.92. The zero-order valence-electron chi connectivity index (χ0n) is 10.3. The van der Waals surface area contributed by atoms with Gasteiger partial charge in [0, 0.05) is 19.7 Å². The molecule has 0 saturated heterocycles. The summed E-state index contributed by atoms with van der Waals surface area (Å²) in [6.07, 6.45) is 7.31. The fourth-order valence-electron chi connectivity index (χ4n) is 1.63. The largest absolute Gasteiger partial charge is 0.439 e. The van der Waals surface area contributed by atoms with E-state index in [1.165, 1.54) is 0 Å². The van der Waals surface area contributed by atoms with Crippen molar-refractivity contribution in [1.82, 2.24) is 19.9 Å². The first-order valence-corrected chi connectivity index (χ1v) is 5.93. The smallest absolute Gasteiger partial charge is 0.195 e. The molecular formula is C12H18N4O. The summed E-state index contributed by atoms with van der Waals surface area (Å²) in [5, 5.41) is 3.28. The number of imidazole rings is 1. The lowest BCUT2D eigenvalue weighted by atomic mass is 10.3. The molecule has 5 nitrogen and oxygen atoms in total. The predicted molar refractivity (Wildman–Crippen MR) is 65.6 cm³/mol. The van der Waals surface area contributed by atoms with E-state index in [1.807, 2.05) is 17.8 Å². The molecule has 0 bridgehead atoms. The molecule has 2 aromatic rings. The number of aromatic nitrogens is 3. The Morgan fingerprint density at radius 3 is 3.00 bits per heavy atom. The van der Waals surface area contributed by atoms with E-state index in [1.54, 1.807) is 12.5 Å². The first-order valence-electron chi connectivity index (χ1n) is 5.93. The molecule has 17 heavy (non-hydrogen) atoms. The average Bonchev–Trinajstić information content (AvgIpc) is 2.93. The van der Waals surface area contributed by atoms with Crippen molar-refractivity contribution >= 4 is 0 Å². The van der Waals surface area contributed by atoms with E-state index in [-0.39, 0.29) is 0 Å². The fourth-order valence-corrected chi connectivity index (χ4v) is 1.63. The van der Waals surface area contributed by atoms with Gasteiger partial charge in [0.2, 0.25) is 0 Å². The van der Waals surface area contributed by atoms with Crippen LogP contribution in [-0.2, 0) is 13.5 Å². The lowest BCUT2D eigenvalue weighted by molar-refractivity contribution is 0.492. The van der Waals surface area contributed by atoms with Crippen LogP contribution in [0.2, 0.25) is 0 Å². The summed E-state index contributed by atoms with van der Waals surface area (Å²) < 4.78 is 7.54. The molecule has 2 rings (SSSR count). The Morgan fingerprint density at radius 2 is 2.29 bits per heavy atom. The molecule has 92 valence electrons. The van der Waals surface area contributed by atoms with Crippen molar-refractivity contribution in [1.29, 1.82) is 0 Å². The number of rotatable bonds is 6. The van der Waals surface area contributed by atoms with Gasteiger partial charge in [0.25, 0.3) is 0 Å². The summed E-state index contributed by atoms with van der Waals surface area (Å²) in [6, 6.07) is 0. The molecule has 0 fully saturated rings. The number of hydrogen-bond acceptors (Lipinski definition) is 4. The van der Waals surface area contributed by atoms with E-state index in [0.29, 0.717) is 0 Å². The van der Waals surface area contributed by atoms with Crippen LogP contribution in [0.4, 0.5) is 0 Å². The van der Waals surface area contributed by atoms with E-state index >= 15 is 0 Å². The Morgan fingerprint density at radius 1 is 1.41 bits per heavy atom. The third kappa shape index (κ3) is 3.17. The van der Waals surface area contributed by atoms with Gasteiger partial charge < -0.3 is 14.3 Å². The van der Waals surface area contributed by atoms with Crippen LogP contribution in [0, 0.1) is 0 Å². The SMILES string of the molecule is CCNCCCc1ncc(-c2cn(C)cn2)o1. The first-order chi connectivity index (χ1) is 8.29. The minimum absolute atomic E-state index is 0.740. The number of aryl methyl sites for hydroxylation is 2. The van der Waals surface area contributed by atoms with Crippen molar-refractivity contribution in [2.24, 2.45) is 7.05 Å². The quantitative estimate of drug-likeness (QED) is 0.772. The maximum atomic E-state index is 5.65. The van der Waals surface area contributed by atoms with Crippen molar-refractivity contribution < 1.29 is 4.42 Å². The van der Waals surface area contributed by atoms with Crippen molar-refractivity contribution in [2.45, 2.75) is 19.8 Å². The van der Waals surface area contributed by atoms with Crippen molar-refractivity contribution in [3.05, 3.63) is 24.6 Å². The zero-order valence-corrected chi connectivity index (χ0v) is 10.3. The summed E-state index contributed by atoms with van der Waals surface area (Å²) >= 11 is 0. The molecule has 0 aromatic carbocycles. The highest BCUT2D eigenvalue weighted by atomic mass is 16.4. The third-order valence-corrected chi connectivity index (χ3v) is 2.51. The lowest BCUT2D eigenvalue weighted by Crippen LogP contribution is -2.14. The summed E-state index contributed by atoms with van der Waals surface area (Å²) in [5.74, 6) is 1.52. The number of hydrogen-bond donors (Lipinski definition) is 1. The standard InChI is InChI=1S/C12H18N4O/c1-3-13-6-4-5-12-14-7-11(17-12)10-8-16(2)9-15-10/h7-9,13H,3-6H2,1-2H3. The molecule has 0 unspecified atom stereocenters. The fraction of sp³-hybridized carbons (Fsp3) is 0.500. The predicted octanol–water partition coefficient (Wildman–Crippen LogP) is 1.62. The minimum Gasteiger partial charge on any atom is -0.439 e. The molecule has 2 aromatic heterocycles. The van der Waals surface area contributed by atoms with E-state index in [4.69, 9.17) is 4.42 Å². The molecule has 0 aliphatic heterocycles. The van der Waals surface area contributed by atoms with Gasteiger partial charge in [0.1, 0.15) is 5.69 Å². The van der Waals surface area contributed by atoms with E-state index in [2.05, 4.69) is 22.2 Å². The Labute approximate surface area is 101 Å². The van der Waals surface area contributed by atoms with Crippen LogP contribution in [0.15, 0.2) is 23.1 Å². The molecule has 0 aliphatic carbocycles. The molecule has 5 heteroatoms. The molecule has 0 spiro atoms. The van der Waals surface area contributed by atoms with Gasteiger partial charge in [0.15, 0.2) is 11.7 Å². The van der Waals surface area contributed by atoms with Crippen LogP contribution in [0.25, 0.3) is 11.5 Å². The van der Waals surface area contributed by atoms with Crippen LogP contribution >= 0.6 is 0 Å². The normalized spacial score (nSPS) is 10.9. The highest BCUT2D eigenvalue weighted by molar-refractivity contribution is 5.48. The Kier molecular flexibility index (Phi) is 3.93. The molecule has 2 heterocycles. The van der Waals surface area contributed by atoms with Gasteiger partial charge in [-0.3, -0.25) is 0 Å². The molecule has 0 saturated carbocycles. The summed E-state index contributed by atoms with van der Waals surface area (Å²) in [4.78, 5) is 8.48. The van der Waals surface area contributed by atoms with Gasteiger partial charge in [-0.1, -0.05) is 6.92 Å². The second kappa shape index (κ2) is 5.63. The van der Waals surface area contributed by atoms with Gasteiger partial charge in [-0.15, -0.1) is 0 Å². The van der Waals surface area contributed by atoms with Gasteiger partial charge >= 0.3 is 0 Å². The second-order valence-corrected chi connectivity index (χ2v) is 4.00. The van der Waals surface area contributed by atoms with Crippen molar-refractivity contribution in [2.75, 3.05) is 13.1 Å². The molecular weight excluding hydrogens is 216 g/mol. The van der Waals surface area contributed by atoms with E-state index < -0.39 is 0 Å². The number of nitrogens with one attached hydrogen (secondary N) is 1. The van der Waals surface area contributed by atoms with Crippen LogP contribution in [-0.4, -0.2) is 27.6 Å². The molecule has 0 atom stereocenters. The zero-order chi connectivity index (χ0) is 12.1. The van der Waals surface area contributed by atoms with Gasteiger partial charge in [-0.05, 0) is 19.5 Å². The van der Waals surface area contributed by atoms with Crippen LogP contribution in [0.5, 0.6) is 0 Å². The molecule has 0 radical (unpaired) electrons. The third-order valence-electron chi connectivity index (χ3n) is 2.51. The van der Waals surface area contributed by atoms with Crippen LogP contribution in [0.1, 0.15) is 19.2 Å². The highest BCUT2D eigenvalue weighted by Crippen LogP contribution is 2.18. The average molecular weight is 234 g/mol. The maximum absolute atomic E-state index is 5.65. The van der Waals surface area contributed by atoms with Gasteiger partial charge in [-0.25, -0.2) is 9.97 Å². The van der Waals surface area contributed by atoms with E-state index in [9.17, 15) is 0 Å². The molecule has 0 aliphatic rings. The van der Waals surface area contributed by atoms with Crippen molar-refractivity contribution in [3.63, 3.8) is 0 Å². The molecule has 1 N–H and O–H groups in total. The number of nitrogens with zero attached hydrogens (tertiary/aromatic N) is 3. The Bertz CT molecular complexity index is 461. The highest BCUT2D eigenvalue weighted by Gasteiger charge is 2.08. The number of oxazole rings is 1. The lowest BCUT2D eigenvalue weighted by Gasteiger charge is -1.98. The van der Waals surface area contributed by atoms with Crippen LogP contribution in [0.3, 0.4) is 0 Å². The summed E-state index contributed by atoms with van der Waals surface area (Å²) in [7, 11) is 1.93. The van der Waals surface area contributed by atoms with E-state index in [0.717, 1.165) is 43.3 Å². The maximum Gasteiger partial charge on any atom is 0.195 e. The Hall–Kier alpha value is -1.62.